The van der Waals surface area contributed by atoms with E-state index >= 15 is 0 Å². The van der Waals surface area contributed by atoms with E-state index in [-0.39, 0.29) is 51.9 Å². The van der Waals surface area contributed by atoms with Gasteiger partial charge in [0.05, 0.1) is 7.11 Å². The maximum atomic E-state index is 6.13. The Hall–Kier alpha value is -2.29. The van der Waals surface area contributed by atoms with Crippen LogP contribution >= 0.6 is 0 Å². The van der Waals surface area contributed by atoms with Gasteiger partial charge < -0.3 is 29.6 Å². The van der Waals surface area contributed by atoms with Gasteiger partial charge in [-0.25, -0.2) is 0 Å². The number of hydrogen-bond donors (Lipinski definition) is 0. The van der Waals surface area contributed by atoms with E-state index in [0.29, 0.717) is 5.92 Å². The molecule has 3 aliphatic carbocycles. The number of rotatable bonds is 3. The fraction of sp³-hybridized carbons (Fsp3) is 0.463. The van der Waals surface area contributed by atoms with Crippen LogP contribution in [0.4, 0.5) is 0 Å². The first-order chi connectivity index (χ1) is 26.3. The molecular weight excluding hydrogens is 855 g/mol. The summed E-state index contributed by atoms with van der Waals surface area (Å²) >= 11 is 1.74. The summed E-state index contributed by atoms with van der Waals surface area (Å²) in [5.74, 6) is 1.46. The van der Waals surface area contributed by atoms with Gasteiger partial charge in [0.1, 0.15) is 5.75 Å². The molecule has 0 radical (unpaired) electrons. The van der Waals surface area contributed by atoms with Gasteiger partial charge >= 0.3 is 41.9 Å². The van der Waals surface area contributed by atoms with Crippen LogP contribution < -0.4 is 29.6 Å². The van der Waals surface area contributed by atoms with Gasteiger partial charge in [-0.05, 0) is 85.8 Å². The van der Waals surface area contributed by atoms with Crippen molar-refractivity contribution in [1.82, 2.24) is 0 Å². The van der Waals surface area contributed by atoms with Gasteiger partial charge in [0.2, 0.25) is 0 Å². The average Bonchev–Trinajstić information content (AvgIpc) is 3.81. The molecule has 1 unspecified atom stereocenters. The Morgan fingerprint density at radius 1 is 0.712 bits per heavy atom. The van der Waals surface area contributed by atoms with Crippen molar-refractivity contribution in [3.05, 3.63) is 140 Å². The first-order valence-electron chi connectivity index (χ1n) is 21.1. The molecule has 316 valence electrons. The Morgan fingerprint density at radius 3 is 1.75 bits per heavy atom. The third-order valence-electron chi connectivity index (χ3n) is 11.5. The van der Waals surface area contributed by atoms with Crippen LogP contribution in [0.25, 0.3) is 21.9 Å². The minimum absolute atomic E-state index is 0. The maximum absolute atomic E-state index is 6.13. The van der Waals surface area contributed by atoms with Gasteiger partial charge in [-0.1, -0.05) is 151 Å². The third-order valence-corrected chi connectivity index (χ3v) is 11.5. The van der Waals surface area contributed by atoms with Crippen LogP contribution in [0.1, 0.15) is 149 Å². The zero-order chi connectivity index (χ0) is 42.4. The monoisotopic (exact) mass is 922 g/mol. The topological polar surface area (TPSA) is 9.23 Å². The quantitative estimate of drug-likeness (QED) is 0.147. The van der Waals surface area contributed by atoms with Crippen molar-refractivity contribution in [2.24, 2.45) is 0 Å². The number of aryl methyl sites for hydroxylation is 1. The number of methoxy groups -OCH3 is 1. The van der Waals surface area contributed by atoms with Crippen molar-refractivity contribution >= 4 is 16.2 Å². The second kappa shape index (κ2) is 19.4. The molecule has 0 aliphatic heterocycles. The molecule has 0 amide bonds. The van der Waals surface area contributed by atoms with Crippen LogP contribution in [0.2, 0.25) is 13.1 Å². The molecule has 59 heavy (non-hydrogen) atoms. The van der Waals surface area contributed by atoms with E-state index in [2.05, 4.69) is 189 Å². The number of ether oxygens (including phenoxy) is 1. The van der Waals surface area contributed by atoms with Gasteiger partial charge in [0, 0.05) is 0 Å². The van der Waals surface area contributed by atoms with Crippen molar-refractivity contribution in [2.75, 3.05) is 7.11 Å². The Bertz CT molecular complexity index is 2250. The Morgan fingerprint density at radius 2 is 1.25 bits per heavy atom. The van der Waals surface area contributed by atoms with Gasteiger partial charge in [-0.2, -0.15) is 23.3 Å². The van der Waals surface area contributed by atoms with Crippen molar-refractivity contribution in [3.8, 4) is 16.9 Å². The van der Waals surface area contributed by atoms with Crippen molar-refractivity contribution in [3.63, 3.8) is 0 Å². The molecule has 0 bridgehead atoms. The molecular formula is C54H70Cl2OSiZr-2. The molecule has 5 heteroatoms. The first kappa shape index (κ1) is 51.1. The molecule has 4 aromatic carbocycles. The van der Waals surface area contributed by atoms with Gasteiger partial charge in [-0.15, -0.1) is 46.2 Å². The van der Waals surface area contributed by atoms with Crippen LogP contribution in [0, 0.1) is 13.0 Å². The number of allylic oxidation sites excluding steroid dienone is 8. The number of benzene rings is 3. The minimum Gasteiger partial charge on any atom is -1.00 e. The molecule has 1 nitrogen and oxygen atoms in total. The van der Waals surface area contributed by atoms with Gasteiger partial charge in [0.25, 0.3) is 0 Å². The van der Waals surface area contributed by atoms with E-state index in [0.717, 1.165) is 5.75 Å². The zero-order valence-corrected chi connectivity index (χ0v) is 44.3. The predicted octanol–water partition coefficient (Wildman–Crippen LogP) is 9.41. The van der Waals surface area contributed by atoms with E-state index in [1.165, 1.54) is 91.3 Å². The van der Waals surface area contributed by atoms with Crippen molar-refractivity contribution < 1.29 is 52.9 Å². The molecule has 4 aromatic rings. The van der Waals surface area contributed by atoms with Crippen LogP contribution in [0.15, 0.2) is 101 Å². The van der Waals surface area contributed by atoms with Crippen LogP contribution in [0.3, 0.4) is 0 Å². The van der Waals surface area contributed by atoms with Crippen LogP contribution in [0.5, 0.6) is 5.75 Å². The molecule has 0 saturated carbocycles. The van der Waals surface area contributed by atoms with E-state index < -0.39 is 0 Å². The summed E-state index contributed by atoms with van der Waals surface area (Å²) < 4.78 is 6.13. The molecule has 1 atom stereocenters. The molecule has 0 fully saturated rings. The summed E-state index contributed by atoms with van der Waals surface area (Å²) in [5, 5.41) is 2.58. The summed E-state index contributed by atoms with van der Waals surface area (Å²) in [6, 6.07) is 23.4. The molecule has 7 rings (SSSR count). The summed E-state index contributed by atoms with van der Waals surface area (Å²) in [6.07, 6.45) is 12.1. The second-order valence-corrected chi connectivity index (χ2v) is 30.5. The maximum Gasteiger partial charge on any atom is -1.00 e. The van der Waals surface area contributed by atoms with Crippen LogP contribution in [-0.2, 0) is 45.0 Å². The first-order valence-corrected chi connectivity index (χ1v) is 27.3. The van der Waals surface area contributed by atoms with Gasteiger partial charge in [0.15, 0.2) is 0 Å². The fourth-order valence-corrected chi connectivity index (χ4v) is 8.38. The smallest absolute Gasteiger partial charge is 1.00 e. The standard InChI is InChI=1S/C29H39O.C23H25.C2H6Si.2ClH.Zr/c1-18-12-19-16-24(29(8,9)10)26(30-11)25(23(19)13-18)20-14-21(27(2,3)4)17-22(15-20)28(5,6)7;1-15-12-18-14-17-6-5-7-20(17)22(21(18)13-15)16-8-10-19(11-9-16)23(2,3)4;1-3-2;;;/h12-17H,1-11H3;8-11,13-14,22H,5-7H2,1-4H3;1-2H3;2*1H;/q2*-1;;;;+2/p-2. The molecule has 3 aliphatic rings. The molecule has 0 spiro atoms. The Balaban J connectivity index is 0.000000287. The molecule has 0 aromatic heterocycles. The third kappa shape index (κ3) is 12.0. The average molecular weight is 925 g/mol. The summed E-state index contributed by atoms with van der Waals surface area (Å²) in [7, 11) is 1.81. The van der Waals surface area contributed by atoms with E-state index in [1.807, 2.05) is 7.11 Å². The second-order valence-electron chi connectivity index (χ2n) is 21.1. The predicted molar refractivity (Wildman–Crippen MR) is 247 cm³/mol. The zero-order valence-electron chi connectivity index (χ0n) is 39.3. The SMILES string of the molecule is CC1=[C-]C2=CC3=C(CCC3)C(c3ccc(C(C)(C)C)cc3)C2=C1.COc1c(C(C)(C)C)cc2[cH-]c(C)cc2c1-c1cc(C(C)(C)C)cc(C(C)(C)C)c1.C[Si](C)=[Zr+2].[Cl-].[Cl-]. The van der Waals surface area contributed by atoms with Crippen molar-refractivity contribution in [1.29, 1.82) is 0 Å². The Kier molecular flexibility index (Phi) is 16.8. The largest absolute Gasteiger partial charge is 1.00 e. The van der Waals surface area contributed by atoms with Crippen LogP contribution in [-0.4, -0.2) is 12.5 Å². The normalized spacial score (nSPS) is 16.3. The number of hydrogen-bond acceptors (Lipinski definition) is 1. The minimum atomic E-state index is -0.00600. The summed E-state index contributed by atoms with van der Waals surface area (Å²) in [4.78, 5) is 0. The summed E-state index contributed by atoms with van der Waals surface area (Å²) in [6.45, 7) is 36.4. The number of halogens is 2. The summed E-state index contributed by atoms with van der Waals surface area (Å²) in [5.41, 5.74) is 18.5. The molecule has 0 heterocycles. The van der Waals surface area contributed by atoms with E-state index in [9.17, 15) is 0 Å². The molecule has 0 saturated heterocycles. The Labute approximate surface area is 387 Å². The number of fused-ring (bicyclic) bond motifs is 2. The van der Waals surface area contributed by atoms with Gasteiger partial charge in [-0.3, -0.25) is 0 Å². The fourth-order valence-electron chi connectivity index (χ4n) is 8.38. The van der Waals surface area contributed by atoms with E-state index in [1.54, 1.807) is 34.5 Å². The van der Waals surface area contributed by atoms with Crippen molar-refractivity contribution in [2.45, 2.75) is 157 Å². The van der Waals surface area contributed by atoms with E-state index in [4.69, 9.17) is 4.74 Å². The molecule has 0 N–H and O–H groups in total.